The molecular formula is C27H28FN3O3. The maximum Gasteiger partial charge on any atom is 0.277 e. The van der Waals surface area contributed by atoms with E-state index in [-0.39, 0.29) is 17.3 Å². The fraction of sp³-hybridized carbons (Fsp3) is 0.296. The molecule has 6 nitrogen and oxygen atoms in total. The van der Waals surface area contributed by atoms with Crippen molar-refractivity contribution in [1.29, 1.82) is 0 Å². The number of pyridine rings is 1. The molecule has 1 unspecified atom stereocenters. The van der Waals surface area contributed by atoms with E-state index >= 15 is 4.39 Å². The van der Waals surface area contributed by atoms with Gasteiger partial charge in [-0.05, 0) is 55.3 Å². The number of carbonyl (C=O) groups excluding carboxylic acids is 2. The first-order chi connectivity index (χ1) is 16.6. The van der Waals surface area contributed by atoms with E-state index in [1.54, 1.807) is 67.8 Å². The van der Waals surface area contributed by atoms with Crippen LogP contribution in [0.15, 0.2) is 72.9 Å². The van der Waals surface area contributed by atoms with Gasteiger partial charge in [0.05, 0.1) is 7.11 Å². The average molecular weight is 462 g/mol. The van der Waals surface area contributed by atoms with Crippen LogP contribution in [-0.4, -0.2) is 29.9 Å². The van der Waals surface area contributed by atoms with Gasteiger partial charge >= 0.3 is 0 Å². The second-order valence-corrected chi connectivity index (χ2v) is 8.36. The molecule has 2 aromatic carbocycles. The van der Waals surface area contributed by atoms with Crippen LogP contribution in [0.25, 0.3) is 0 Å². The highest BCUT2D eigenvalue weighted by atomic mass is 19.1. The third-order valence-corrected chi connectivity index (χ3v) is 6.11. The summed E-state index contributed by atoms with van der Waals surface area (Å²) in [6, 6.07) is 16.6. The van der Waals surface area contributed by atoms with E-state index in [0.29, 0.717) is 11.4 Å². The molecule has 2 amide bonds. The molecule has 0 aliphatic heterocycles. The van der Waals surface area contributed by atoms with Crippen LogP contribution in [0.3, 0.4) is 0 Å². The zero-order valence-electron chi connectivity index (χ0n) is 19.1. The summed E-state index contributed by atoms with van der Waals surface area (Å²) in [6.07, 6.45) is 6.45. The van der Waals surface area contributed by atoms with Crippen LogP contribution >= 0.6 is 0 Å². The quantitative estimate of drug-likeness (QED) is 0.534. The van der Waals surface area contributed by atoms with Gasteiger partial charge in [0.1, 0.15) is 23.3 Å². The fourth-order valence-corrected chi connectivity index (χ4v) is 4.36. The number of nitrogens with zero attached hydrogens (tertiary/aromatic N) is 2. The van der Waals surface area contributed by atoms with Crippen molar-refractivity contribution in [3.8, 4) is 5.75 Å². The molecule has 1 saturated carbocycles. The lowest BCUT2D eigenvalue weighted by Gasteiger charge is -2.33. The van der Waals surface area contributed by atoms with Crippen LogP contribution in [0, 0.1) is 5.82 Å². The summed E-state index contributed by atoms with van der Waals surface area (Å²) >= 11 is 0. The Morgan fingerprint density at radius 2 is 1.71 bits per heavy atom. The highest BCUT2D eigenvalue weighted by Crippen LogP contribution is 2.32. The van der Waals surface area contributed by atoms with E-state index in [1.165, 1.54) is 17.2 Å². The minimum Gasteiger partial charge on any atom is -0.497 e. The van der Waals surface area contributed by atoms with Crippen molar-refractivity contribution in [2.75, 3.05) is 12.0 Å². The molecule has 3 aromatic rings. The first-order valence-electron chi connectivity index (χ1n) is 11.5. The summed E-state index contributed by atoms with van der Waals surface area (Å²) in [7, 11) is 1.55. The van der Waals surface area contributed by atoms with E-state index in [4.69, 9.17) is 4.74 Å². The Kier molecular flexibility index (Phi) is 7.52. The maximum absolute atomic E-state index is 15.1. The summed E-state index contributed by atoms with van der Waals surface area (Å²) in [6.45, 7) is 0. The molecule has 0 bridgehead atoms. The van der Waals surface area contributed by atoms with Crippen molar-refractivity contribution in [3.63, 3.8) is 0 Å². The predicted octanol–water partition coefficient (Wildman–Crippen LogP) is 5.07. The van der Waals surface area contributed by atoms with Crippen LogP contribution < -0.4 is 15.0 Å². The Labute approximate surface area is 198 Å². The highest BCUT2D eigenvalue weighted by molar-refractivity contribution is 6.09. The molecular weight excluding hydrogens is 433 g/mol. The zero-order chi connectivity index (χ0) is 23.9. The van der Waals surface area contributed by atoms with Crippen LogP contribution in [-0.2, 0) is 4.79 Å². The van der Waals surface area contributed by atoms with Crippen LogP contribution in [0.5, 0.6) is 5.75 Å². The van der Waals surface area contributed by atoms with Crippen molar-refractivity contribution in [2.24, 2.45) is 0 Å². The van der Waals surface area contributed by atoms with E-state index in [2.05, 4.69) is 10.3 Å². The van der Waals surface area contributed by atoms with E-state index in [1.807, 2.05) is 0 Å². The number of aromatic nitrogens is 1. The number of anilines is 1. The number of ether oxygens (including phenoxy) is 1. The van der Waals surface area contributed by atoms with Gasteiger partial charge in [-0.15, -0.1) is 0 Å². The molecule has 0 saturated heterocycles. The number of hydrogen-bond acceptors (Lipinski definition) is 4. The van der Waals surface area contributed by atoms with Crippen LogP contribution in [0.1, 0.15) is 54.2 Å². The van der Waals surface area contributed by atoms with Gasteiger partial charge in [-0.25, -0.2) is 4.39 Å². The number of nitrogens with one attached hydrogen (secondary N) is 1. The molecule has 1 aliphatic carbocycles. The van der Waals surface area contributed by atoms with E-state index in [0.717, 1.165) is 32.1 Å². The Morgan fingerprint density at radius 1 is 1.00 bits per heavy atom. The van der Waals surface area contributed by atoms with Crippen molar-refractivity contribution in [3.05, 3.63) is 90.0 Å². The predicted molar refractivity (Wildman–Crippen MR) is 128 cm³/mol. The molecule has 0 radical (unpaired) electrons. The van der Waals surface area contributed by atoms with E-state index < -0.39 is 23.7 Å². The molecule has 4 rings (SSSR count). The molecule has 0 spiro atoms. The van der Waals surface area contributed by atoms with E-state index in [9.17, 15) is 9.59 Å². The number of hydrogen-bond donors (Lipinski definition) is 1. The van der Waals surface area contributed by atoms with Crippen molar-refractivity contribution in [2.45, 2.75) is 44.2 Å². The zero-order valence-corrected chi connectivity index (χ0v) is 19.1. The lowest BCUT2D eigenvalue weighted by Crippen LogP contribution is -2.47. The van der Waals surface area contributed by atoms with Gasteiger partial charge in [0.2, 0.25) is 5.91 Å². The molecule has 1 heterocycles. The standard InChI is InChI=1S/C27H28FN3O3/c1-34-21-16-14-20(15-17-21)31(27(33)24-13-7-8-18-29-24)25(22-11-5-6-12-23(22)28)26(32)30-19-9-3-2-4-10-19/h5-8,11-19,25H,2-4,9-10H2,1H3,(H,30,32). The summed E-state index contributed by atoms with van der Waals surface area (Å²) < 4.78 is 20.3. The molecule has 34 heavy (non-hydrogen) atoms. The topological polar surface area (TPSA) is 71.5 Å². The smallest absolute Gasteiger partial charge is 0.277 e. The normalized spacial score (nSPS) is 14.8. The van der Waals surface area contributed by atoms with Gasteiger partial charge in [-0.1, -0.05) is 43.5 Å². The van der Waals surface area contributed by atoms with Gasteiger partial charge in [0.25, 0.3) is 5.91 Å². The molecule has 1 fully saturated rings. The average Bonchev–Trinajstić information content (AvgIpc) is 2.88. The second kappa shape index (κ2) is 10.9. The summed E-state index contributed by atoms with van der Waals surface area (Å²) in [5, 5.41) is 3.08. The number of benzene rings is 2. The number of halogens is 1. The molecule has 176 valence electrons. The summed E-state index contributed by atoms with van der Waals surface area (Å²) in [5.41, 5.74) is 0.713. The molecule has 1 atom stereocenters. The van der Waals surface area contributed by atoms with Gasteiger partial charge < -0.3 is 10.1 Å². The van der Waals surface area contributed by atoms with Gasteiger partial charge in [-0.2, -0.15) is 0 Å². The van der Waals surface area contributed by atoms with Crippen molar-refractivity contribution < 1.29 is 18.7 Å². The van der Waals surface area contributed by atoms with Gasteiger partial charge in [-0.3, -0.25) is 19.5 Å². The first-order valence-corrected chi connectivity index (χ1v) is 11.5. The third kappa shape index (κ3) is 5.25. The number of amides is 2. The third-order valence-electron chi connectivity index (χ3n) is 6.11. The SMILES string of the molecule is COc1ccc(N(C(=O)c2ccccn2)C(C(=O)NC2CCCCC2)c2ccccc2F)cc1. The maximum atomic E-state index is 15.1. The Bertz CT molecular complexity index is 1120. The lowest BCUT2D eigenvalue weighted by molar-refractivity contribution is -0.123. The molecule has 1 aromatic heterocycles. The number of methoxy groups -OCH3 is 1. The minimum absolute atomic E-state index is 0.00167. The fourth-order valence-electron chi connectivity index (χ4n) is 4.36. The van der Waals surface area contributed by atoms with Gasteiger partial charge in [0.15, 0.2) is 0 Å². The van der Waals surface area contributed by atoms with Gasteiger partial charge in [0, 0.05) is 23.5 Å². The van der Waals surface area contributed by atoms with Crippen LogP contribution in [0.4, 0.5) is 10.1 Å². The van der Waals surface area contributed by atoms with Crippen LogP contribution in [0.2, 0.25) is 0 Å². The monoisotopic (exact) mass is 461 g/mol. The largest absolute Gasteiger partial charge is 0.497 e. The summed E-state index contributed by atoms with van der Waals surface area (Å²) in [5.74, 6) is -0.878. The van der Waals surface area contributed by atoms with Crippen molar-refractivity contribution >= 4 is 17.5 Å². The summed E-state index contributed by atoms with van der Waals surface area (Å²) in [4.78, 5) is 33.0. The first kappa shape index (κ1) is 23.4. The number of rotatable bonds is 7. The minimum atomic E-state index is -1.22. The van der Waals surface area contributed by atoms with Crippen molar-refractivity contribution in [1.82, 2.24) is 10.3 Å². The Hall–Kier alpha value is -3.74. The molecule has 1 N–H and O–H groups in total. The molecule has 7 heteroatoms. The Morgan fingerprint density at radius 3 is 2.35 bits per heavy atom. The Balaban J connectivity index is 1.81. The second-order valence-electron chi connectivity index (χ2n) is 8.36. The highest BCUT2D eigenvalue weighted by Gasteiger charge is 2.36. The number of carbonyl (C=O) groups is 2. The molecule has 1 aliphatic rings. The lowest BCUT2D eigenvalue weighted by atomic mass is 9.94.